The maximum absolute atomic E-state index is 2.86. The fraction of sp³-hybridized carbons (Fsp3) is 1.00. The van der Waals surface area contributed by atoms with E-state index >= 15 is 0 Å². The number of hydrogen-bond donors (Lipinski definition) is 0. The van der Waals surface area contributed by atoms with E-state index in [2.05, 4.69) is 30.7 Å². The van der Waals surface area contributed by atoms with Gasteiger partial charge in [-0.2, -0.15) is 0 Å². The van der Waals surface area contributed by atoms with Crippen LogP contribution in [0.3, 0.4) is 0 Å². The molecule has 0 aromatic carbocycles. The Morgan fingerprint density at radius 3 is 1.96 bits per heavy atom. The lowest BCUT2D eigenvalue weighted by Gasteiger charge is -2.51. The van der Waals surface area contributed by atoms with E-state index in [4.69, 9.17) is 0 Å². The molecule has 2 heteroatoms. The maximum Gasteiger partial charge on any atom is 0.0678 e. The van der Waals surface area contributed by atoms with Crippen LogP contribution in [0.5, 0.6) is 0 Å². The zero-order valence-electron chi connectivity index (χ0n) is 16.1. The monoisotopic (exact) mass is 320 g/mol. The van der Waals surface area contributed by atoms with E-state index < -0.39 is 0 Å². The number of piperidine rings is 1. The molecule has 1 aliphatic carbocycles. The van der Waals surface area contributed by atoms with Crippen LogP contribution in [0.25, 0.3) is 0 Å². The number of likely N-dealkylation sites (tertiary alicyclic amines) is 2. The standard InChI is InChI=1S/C21H40N2/c1-4-9-20(10-5-2)11-13-21(14-12-20)15-18-22(3)19(21)23-16-7-6-8-17-23/h19H,4-18H2,1-3H3. The summed E-state index contributed by atoms with van der Waals surface area (Å²) in [6.07, 6.45) is 18.2. The number of nitrogens with zero attached hydrogens (tertiary/aromatic N) is 2. The molecular formula is C21H40N2. The first kappa shape index (κ1) is 17.7. The van der Waals surface area contributed by atoms with Gasteiger partial charge in [-0.15, -0.1) is 0 Å². The van der Waals surface area contributed by atoms with Gasteiger partial charge in [0.15, 0.2) is 0 Å². The van der Waals surface area contributed by atoms with Crippen molar-refractivity contribution in [3.05, 3.63) is 0 Å². The normalized spacial score (nSPS) is 31.7. The highest BCUT2D eigenvalue weighted by Gasteiger charge is 2.52. The molecule has 134 valence electrons. The van der Waals surface area contributed by atoms with Gasteiger partial charge in [-0.1, -0.05) is 33.1 Å². The van der Waals surface area contributed by atoms with E-state index in [0.29, 0.717) is 10.8 Å². The SMILES string of the molecule is CCCC1(CCC)CCC2(CCN(C)C2N2CCCCC2)CC1. The third kappa shape index (κ3) is 3.49. The molecule has 0 bridgehead atoms. The molecule has 1 saturated carbocycles. The van der Waals surface area contributed by atoms with Crippen LogP contribution < -0.4 is 0 Å². The average Bonchev–Trinajstić information content (AvgIpc) is 2.89. The van der Waals surface area contributed by atoms with Gasteiger partial charge < -0.3 is 0 Å². The molecule has 2 nitrogen and oxygen atoms in total. The van der Waals surface area contributed by atoms with Crippen LogP contribution in [-0.4, -0.2) is 42.6 Å². The van der Waals surface area contributed by atoms with Gasteiger partial charge >= 0.3 is 0 Å². The largest absolute Gasteiger partial charge is 0.290 e. The molecule has 23 heavy (non-hydrogen) atoms. The van der Waals surface area contributed by atoms with Crippen LogP contribution in [0.1, 0.15) is 90.9 Å². The van der Waals surface area contributed by atoms with Gasteiger partial charge in [0, 0.05) is 5.41 Å². The quantitative estimate of drug-likeness (QED) is 0.680. The van der Waals surface area contributed by atoms with Crippen LogP contribution in [0.4, 0.5) is 0 Å². The minimum atomic E-state index is 0.622. The van der Waals surface area contributed by atoms with E-state index in [1.54, 1.807) is 0 Å². The summed E-state index contributed by atoms with van der Waals surface area (Å²) in [7, 11) is 2.40. The van der Waals surface area contributed by atoms with E-state index in [1.165, 1.54) is 96.7 Å². The van der Waals surface area contributed by atoms with Gasteiger partial charge in [-0.05, 0) is 89.9 Å². The Hall–Kier alpha value is -0.0800. The zero-order valence-corrected chi connectivity index (χ0v) is 16.1. The van der Waals surface area contributed by atoms with Crippen LogP contribution in [0, 0.1) is 10.8 Å². The molecule has 2 saturated heterocycles. The summed E-state index contributed by atoms with van der Waals surface area (Å²) in [4.78, 5) is 5.57. The molecule has 1 unspecified atom stereocenters. The fourth-order valence-corrected chi connectivity index (χ4v) is 6.42. The number of hydrogen-bond acceptors (Lipinski definition) is 2. The molecular weight excluding hydrogens is 280 g/mol. The first-order valence-corrected chi connectivity index (χ1v) is 10.6. The van der Waals surface area contributed by atoms with Gasteiger partial charge in [0.25, 0.3) is 0 Å². The van der Waals surface area contributed by atoms with Crippen LogP contribution in [0.2, 0.25) is 0 Å². The smallest absolute Gasteiger partial charge is 0.0678 e. The molecule has 1 spiro atoms. The zero-order chi connectivity index (χ0) is 16.3. The minimum Gasteiger partial charge on any atom is -0.290 e. The Morgan fingerprint density at radius 1 is 0.783 bits per heavy atom. The van der Waals surface area contributed by atoms with Gasteiger partial charge in [-0.3, -0.25) is 9.80 Å². The molecule has 3 rings (SSSR count). The van der Waals surface area contributed by atoms with Crippen molar-refractivity contribution in [3.63, 3.8) is 0 Å². The van der Waals surface area contributed by atoms with Crippen LogP contribution in [0.15, 0.2) is 0 Å². The highest BCUT2D eigenvalue weighted by molar-refractivity contribution is 5.03. The van der Waals surface area contributed by atoms with Crippen molar-refractivity contribution < 1.29 is 0 Å². The maximum atomic E-state index is 2.86. The highest BCUT2D eigenvalue weighted by Crippen LogP contribution is 2.56. The topological polar surface area (TPSA) is 6.48 Å². The summed E-state index contributed by atoms with van der Waals surface area (Å²) in [5, 5.41) is 0. The summed E-state index contributed by atoms with van der Waals surface area (Å²) >= 11 is 0. The van der Waals surface area contributed by atoms with Gasteiger partial charge in [0.2, 0.25) is 0 Å². The molecule has 2 aliphatic heterocycles. The molecule has 0 amide bonds. The Bertz CT molecular complexity index is 356. The van der Waals surface area contributed by atoms with Gasteiger partial charge in [0.05, 0.1) is 6.17 Å². The average molecular weight is 321 g/mol. The first-order valence-electron chi connectivity index (χ1n) is 10.6. The molecule has 0 aromatic rings. The Balaban J connectivity index is 1.71. The lowest BCUT2D eigenvalue weighted by atomic mass is 9.59. The Labute approximate surface area is 145 Å². The molecule has 1 atom stereocenters. The molecule has 3 fully saturated rings. The van der Waals surface area contributed by atoms with Crippen molar-refractivity contribution in [3.8, 4) is 0 Å². The van der Waals surface area contributed by atoms with Crippen molar-refractivity contribution in [2.75, 3.05) is 26.7 Å². The molecule has 0 aromatic heterocycles. The Morgan fingerprint density at radius 2 is 1.39 bits per heavy atom. The third-order valence-electron chi connectivity index (χ3n) is 7.53. The second-order valence-electron chi connectivity index (χ2n) is 9.06. The summed E-state index contributed by atoms with van der Waals surface area (Å²) < 4.78 is 0. The van der Waals surface area contributed by atoms with E-state index in [1.807, 2.05) is 0 Å². The lowest BCUT2D eigenvalue weighted by Crippen LogP contribution is -2.54. The van der Waals surface area contributed by atoms with Crippen LogP contribution >= 0.6 is 0 Å². The van der Waals surface area contributed by atoms with Crippen molar-refractivity contribution in [1.82, 2.24) is 9.80 Å². The predicted octanol–water partition coefficient (Wildman–Crippen LogP) is 5.28. The summed E-state index contributed by atoms with van der Waals surface area (Å²) in [6, 6.07) is 0. The lowest BCUT2D eigenvalue weighted by molar-refractivity contribution is -0.0433. The second-order valence-corrected chi connectivity index (χ2v) is 9.06. The van der Waals surface area contributed by atoms with Crippen molar-refractivity contribution in [2.45, 2.75) is 97.1 Å². The van der Waals surface area contributed by atoms with Crippen molar-refractivity contribution in [2.24, 2.45) is 10.8 Å². The van der Waals surface area contributed by atoms with Crippen LogP contribution in [-0.2, 0) is 0 Å². The first-order chi connectivity index (χ1) is 11.1. The van der Waals surface area contributed by atoms with Crippen molar-refractivity contribution in [1.29, 1.82) is 0 Å². The van der Waals surface area contributed by atoms with E-state index in [-0.39, 0.29) is 0 Å². The summed E-state index contributed by atoms with van der Waals surface area (Å²) in [5.74, 6) is 0. The summed E-state index contributed by atoms with van der Waals surface area (Å²) in [6.45, 7) is 8.82. The van der Waals surface area contributed by atoms with E-state index in [9.17, 15) is 0 Å². The highest BCUT2D eigenvalue weighted by atomic mass is 15.4. The van der Waals surface area contributed by atoms with Gasteiger partial charge in [-0.25, -0.2) is 0 Å². The summed E-state index contributed by atoms with van der Waals surface area (Å²) in [5.41, 5.74) is 1.32. The molecule has 0 radical (unpaired) electrons. The Kier molecular flexibility index (Phi) is 5.73. The minimum absolute atomic E-state index is 0.622. The fourth-order valence-electron chi connectivity index (χ4n) is 6.42. The number of rotatable bonds is 5. The molecule has 2 heterocycles. The van der Waals surface area contributed by atoms with Gasteiger partial charge in [0.1, 0.15) is 0 Å². The molecule has 0 N–H and O–H groups in total. The third-order valence-corrected chi connectivity index (χ3v) is 7.53. The van der Waals surface area contributed by atoms with Crippen molar-refractivity contribution >= 4 is 0 Å². The van der Waals surface area contributed by atoms with E-state index in [0.717, 1.165) is 6.17 Å². The second kappa shape index (κ2) is 7.44. The molecule has 3 aliphatic rings. The predicted molar refractivity (Wildman–Crippen MR) is 99.6 cm³/mol.